The van der Waals surface area contributed by atoms with Crippen LogP contribution in [0.3, 0.4) is 0 Å². The number of hydrogen-bond donors (Lipinski definition) is 2. The molecular weight excluding hydrogens is 200 g/mol. The van der Waals surface area contributed by atoms with E-state index >= 15 is 0 Å². The monoisotopic (exact) mass is 228 g/mol. The van der Waals surface area contributed by atoms with E-state index in [9.17, 15) is 5.11 Å². The van der Waals surface area contributed by atoms with Crippen molar-refractivity contribution in [2.45, 2.75) is 58.0 Å². The summed E-state index contributed by atoms with van der Waals surface area (Å²) in [5.74, 6) is 0. The second-order valence-corrected chi connectivity index (χ2v) is 4.79. The highest BCUT2D eigenvalue weighted by Crippen LogP contribution is 2.23. The van der Waals surface area contributed by atoms with Gasteiger partial charge in [-0.3, -0.25) is 0 Å². The molecule has 0 aromatic heterocycles. The number of aliphatic hydroxyl groups is 1. The molecule has 1 fully saturated rings. The standard InChI is InChI=1S/C13H28N2O/c1-3-14-12(11-16)9-10-15(4-2)13-7-5-6-8-13/h12-14,16H,3-11H2,1-2H3. The first-order valence-corrected chi connectivity index (χ1v) is 6.90. The number of likely N-dealkylation sites (N-methyl/N-ethyl adjacent to an activating group) is 1. The molecule has 0 radical (unpaired) electrons. The van der Waals surface area contributed by atoms with Crippen LogP contribution in [0.4, 0.5) is 0 Å². The highest BCUT2D eigenvalue weighted by Gasteiger charge is 2.21. The first-order valence-electron chi connectivity index (χ1n) is 6.90. The van der Waals surface area contributed by atoms with Crippen molar-refractivity contribution in [2.75, 3.05) is 26.2 Å². The zero-order chi connectivity index (χ0) is 11.8. The average molecular weight is 228 g/mol. The average Bonchev–Trinajstić information content (AvgIpc) is 2.82. The van der Waals surface area contributed by atoms with Crippen LogP contribution in [0, 0.1) is 0 Å². The Morgan fingerprint density at radius 2 is 2.00 bits per heavy atom. The van der Waals surface area contributed by atoms with Crippen LogP contribution < -0.4 is 5.32 Å². The molecule has 1 unspecified atom stereocenters. The highest BCUT2D eigenvalue weighted by molar-refractivity contribution is 4.78. The topological polar surface area (TPSA) is 35.5 Å². The molecule has 1 aliphatic carbocycles. The number of rotatable bonds is 8. The van der Waals surface area contributed by atoms with Crippen LogP contribution in [0.25, 0.3) is 0 Å². The number of hydrogen-bond acceptors (Lipinski definition) is 3. The van der Waals surface area contributed by atoms with E-state index in [4.69, 9.17) is 0 Å². The maximum Gasteiger partial charge on any atom is 0.0585 e. The van der Waals surface area contributed by atoms with Gasteiger partial charge in [-0.25, -0.2) is 0 Å². The second-order valence-electron chi connectivity index (χ2n) is 4.79. The molecular formula is C13H28N2O. The van der Waals surface area contributed by atoms with Crippen LogP contribution in [0.2, 0.25) is 0 Å². The van der Waals surface area contributed by atoms with E-state index in [0.717, 1.165) is 32.1 Å². The molecule has 3 nitrogen and oxygen atoms in total. The summed E-state index contributed by atoms with van der Waals surface area (Å²) in [5.41, 5.74) is 0. The summed E-state index contributed by atoms with van der Waals surface area (Å²) in [7, 11) is 0. The summed E-state index contributed by atoms with van der Waals surface area (Å²) < 4.78 is 0. The lowest BCUT2D eigenvalue weighted by Crippen LogP contribution is -2.39. The number of nitrogens with zero attached hydrogens (tertiary/aromatic N) is 1. The molecule has 0 spiro atoms. The maximum absolute atomic E-state index is 9.23. The Balaban J connectivity index is 2.26. The van der Waals surface area contributed by atoms with E-state index in [1.807, 2.05) is 0 Å². The van der Waals surface area contributed by atoms with Gasteiger partial charge in [-0.2, -0.15) is 0 Å². The van der Waals surface area contributed by atoms with Gasteiger partial charge in [0.05, 0.1) is 6.61 Å². The molecule has 1 atom stereocenters. The lowest BCUT2D eigenvalue weighted by Gasteiger charge is -2.29. The third-order valence-electron chi connectivity index (χ3n) is 3.73. The van der Waals surface area contributed by atoms with Crippen molar-refractivity contribution in [2.24, 2.45) is 0 Å². The summed E-state index contributed by atoms with van der Waals surface area (Å²) >= 11 is 0. The van der Waals surface area contributed by atoms with Crippen LogP contribution in [0.1, 0.15) is 46.0 Å². The van der Waals surface area contributed by atoms with Crippen molar-refractivity contribution in [3.63, 3.8) is 0 Å². The molecule has 3 heteroatoms. The molecule has 0 aromatic rings. The summed E-state index contributed by atoms with van der Waals surface area (Å²) in [4.78, 5) is 2.59. The number of aliphatic hydroxyl groups excluding tert-OH is 1. The second kappa shape index (κ2) is 8.04. The van der Waals surface area contributed by atoms with Gasteiger partial charge in [0.1, 0.15) is 0 Å². The van der Waals surface area contributed by atoms with Crippen LogP contribution in [-0.2, 0) is 0 Å². The van der Waals surface area contributed by atoms with Crippen LogP contribution in [0.5, 0.6) is 0 Å². The molecule has 16 heavy (non-hydrogen) atoms. The molecule has 96 valence electrons. The molecule has 0 aromatic carbocycles. The Bertz CT molecular complexity index is 169. The molecule has 0 bridgehead atoms. The molecule has 1 aliphatic rings. The van der Waals surface area contributed by atoms with Crippen LogP contribution >= 0.6 is 0 Å². The van der Waals surface area contributed by atoms with E-state index in [0.29, 0.717) is 0 Å². The van der Waals surface area contributed by atoms with Crippen molar-refractivity contribution in [3.05, 3.63) is 0 Å². The third kappa shape index (κ3) is 4.40. The van der Waals surface area contributed by atoms with E-state index in [1.165, 1.54) is 25.7 Å². The van der Waals surface area contributed by atoms with E-state index in [1.54, 1.807) is 0 Å². The van der Waals surface area contributed by atoms with Crippen LogP contribution in [-0.4, -0.2) is 48.3 Å². The SMILES string of the molecule is CCNC(CO)CCN(CC)C1CCCC1. The molecule has 1 saturated carbocycles. The van der Waals surface area contributed by atoms with Gasteiger partial charge in [0.2, 0.25) is 0 Å². The van der Waals surface area contributed by atoms with Crippen molar-refractivity contribution < 1.29 is 5.11 Å². The van der Waals surface area contributed by atoms with Crippen molar-refractivity contribution in [1.82, 2.24) is 10.2 Å². The quantitative estimate of drug-likeness (QED) is 0.662. The Morgan fingerprint density at radius 3 is 2.50 bits per heavy atom. The van der Waals surface area contributed by atoms with E-state index in [-0.39, 0.29) is 12.6 Å². The Hall–Kier alpha value is -0.120. The third-order valence-corrected chi connectivity index (χ3v) is 3.73. The fourth-order valence-electron chi connectivity index (χ4n) is 2.74. The molecule has 0 aliphatic heterocycles. The highest BCUT2D eigenvalue weighted by atomic mass is 16.3. The van der Waals surface area contributed by atoms with E-state index in [2.05, 4.69) is 24.1 Å². The minimum absolute atomic E-state index is 0.260. The van der Waals surface area contributed by atoms with Gasteiger partial charge < -0.3 is 15.3 Å². The molecule has 1 rings (SSSR count). The summed E-state index contributed by atoms with van der Waals surface area (Å²) in [5, 5.41) is 12.6. The zero-order valence-corrected chi connectivity index (χ0v) is 10.9. The number of nitrogens with one attached hydrogen (secondary N) is 1. The minimum Gasteiger partial charge on any atom is -0.395 e. The fraction of sp³-hybridized carbons (Fsp3) is 1.00. The maximum atomic E-state index is 9.23. The van der Waals surface area contributed by atoms with Gasteiger partial charge in [0.15, 0.2) is 0 Å². The lowest BCUT2D eigenvalue weighted by atomic mass is 10.1. The minimum atomic E-state index is 0.260. The van der Waals surface area contributed by atoms with Crippen LogP contribution in [0.15, 0.2) is 0 Å². The molecule has 2 N–H and O–H groups in total. The first kappa shape index (κ1) is 13.9. The van der Waals surface area contributed by atoms with Crippen molar-refractivity contribution in [1.29, 1.82) is 0 Å². The summed E-state index contributed by atoms with van der Waals surface area (Å²) in [6, 6.07) is 1.09. The Labute approximate surface area is 100 Å². The molecule has 0 saturated heterocycles. The fourth-order valence-corrected chi connectivity index (χ4v) is 2.74. The van der Waals surface area contributed by atoms with Crippen molar-refractivity contribution in [3.8, 4) is 0 Å². The van der Waals surface area contributed by atoms with Gasteiger partial charge in [-0.1, -0.05) is 26.7 Å². The van der Waals surface area contributed by atoms with Gasteiger partial charge in [-0.05, 0) is 38.9 Å². The smallest absolute Gasteiger partial charge is 0.0585 e. The summed E-state index contributed by atoms with van der Waals surface area (Å²) in [6.45, 7) is 7.82. The normalized spacial score (nSPS) is 19.5. The predicted octanol–water partition coefficient (Wildman–Crippen LogP) is 1.61. The van der Waals surface area contributed by atoms with Gasteiger partial charge in [-0.15, -0.1) is 0 Å². The van der Waals surface area contributed by atoms with Crippen molar-refractivity contribution >= 4 is 0 Å². The Kier molecular flexibility index (Phi) is 7.01. The Morgan fingerprint density at radius 1 is 1.31 bits per heavy atom. The predicted molar refractivity (Wildman–Crippen MR) is 68.7 cm³/mol. The summed E-state index contributed by atoms with van der Waals surface area (Å²) in [6.07, 6.45) is 6.61. The van der Waals surface area contributed by atoms with Gasteiger partial charge in [0, 0.05) is 12.1 Å². The molecule has 0 heterocycles. The lowest BCUT2D eigenvalue weighted by molar-refractivity contribution is 0.176. The first-order chi connectivity index (χ1) is 7.81. The van der Waals surface area contributed by atoms with Gasteiger partial charge in [0.25, 0.3) is 0 Å². The largest absolute Gasteiger partial charge is 0.395 e. The zero-order valence-electron chi connectivity index (χ0n) is 10.9. The van der Waals surface area contributed by atoms with Gasteiger partial charge >= 0.3 is 0 Å². The molecule has 0 amide bonds. The van der Waals surface area contributed by atoms with E-state index < -0.39 is 0 Å².